The Hall–Kier alpha value is -0.100. The van der Waals surface area contributed by atoms with E-state index in [1.807, 2.05) is 0 Å². The molecule has 3 nitrogen and oxygen atoms in total. The van der Waals surface area contributed by atoms with E-state index in [-0.39, 0.29) is 4.90 Å². The summed E-state index contributed by atoms with van der Waals surface area (Å²) < 4.78 is 31.9. The number of hydrogen-bond donors (Lipinski definition) is 0. The minimum absolute atomic E-state index is 0.271. The molecular weight excluding hydrogens is 279 g/mol. The van der Waals surface area contributed by atoms with Crippen LogP contribution in [-0.4, -0.2) is 21.9 Å². The molecule has 1 aromatic rings. The van der Waals surface area contributed by atoms with Crippen LogP contribution in [0.5, 0.6) is 0 Å². The number of alkyl halides is 2. The molecule has 1 unspecified atom stereocenters. The molecule has 0 aliphatic rings. The van der Waals surface area contributed by atoms with E-state index >= 15 is 0 Å². The number of sulfone groups is 1. The van der Waals surface area contributed by atoms with Gasteiger partial charge in [-0.3, -0.25) is 4.21 Å². The van der Waals surface area contributed by atoms with Crippen molar-refractivity contribution in [3.05, 3.63) is 30.3 Å². The van der Waals surface area contributed by atoms with Gasteiger partial charge in [-0.05, 0) is 12.1 Å². The summed E-state index contributed by atoms with van der Waals surface area (Å²) in [5.74, 6) is 0. The smallest absolute Gasteiger partial charge is 0.250 e. The summed E-state index contributed by atoms with van der Waals surface area (Å²) in [6, 6.07) is 7.96. The fraction of sp³-hybridized carbons (Fsp3) is 0.250. The maximum atomic E-state index is 11.8. The SMILES string of the molecule is CS(=O)(=O)C(Cl)(Cl)S(=O)c1ccccc1. The van der Waals surface area contributed by atoms with E-state index in [1.54, 1.807) is 18.2 Å². The Morgan fingerprint density at radius 3 is 2.07 bits per heavy atom. The quantitative estimate of drug-likeness (QED) is 0.798. The molecular formula is C8H8Cl2O3S2. The standard InChI is InChI=1S/C8H8Cl2O3S2/c1-15(12,13)8(9,10)14(11)7-5-3-2-4-6-7/h2-6H,1H3. The first-order chi connectivity index (χ1) is 6.77. The van der Waals surface area contributed by atoms with Crippen molar-refractivity contribution in [2.75, 3.05) is 6.26 Å². The third kappa shape index (κ3) is 2.72. The molecule has 0 aromatic heterocycles. The largest absolute Gasteiger partial charge is 0.296 e. The van der Waals surface area contributed by atoms with Crippen LogP contribution in [0.25, 0.3) is 0 Å². The van der Waals surface area contributed by atoms with Gasteiger partial charge in [-0.2, -0.15) is 0 Å². The number of benzene rings is 1. The summed E-state index contributed by atoms with van der Waals surface area (Å²) in [5.41, 5.74) is 0. The molecule has 1 aromatic carbocycles. The van der Waals surface area contributed by atoms with Crippen molar-refractivity contribution in [1.29, 1.82) is 0 Å². The lowest BCUT2D eigenvalue weighted by atomic mass is 10.4. The zero-order chi connectivity index (χ0) is 11.7. The molecule has 0 amide bonds. The zero-order valence-electron chi connectivity index (χ0n) is 7.68. The average molecular weight is 287 g/mol. The molecule has 15 heavy (non-hydrogen) atoms. The molecule has 1 atom stereocenters. The van der Waals surface area contributed by atoms with Crippen LogP contribution < -0.4 is 0 Å². The van der Waals surface area contributed by atoms with E-state index in [9.17, 15) is 12.6 Å². The highest BCUT2D eigenvalue weighted by Gasteiger charge is 2.43. The molecule has 0 aliphatic heterocycles. The number of hydrogen-bond acceptors (Lipinski definition) is 3. The summed E-state index contributed by atoms with van der Waals surface area (Å²) in [6.07, 6.45) is 0.841. The van der Waals surface area contributed by atoms with Crippen LogP contribution in [0.15, 0.2) is 35.2 Å². The molecule has 0 aliphatic carbocycles. The fourth-order valence-electron chi connectivity index (χ4n) is 0.819. The molecule has 7 heteroatoms. The van der Waals surface area contributed by atoms with Crippen molar-refractivity contribution >= 4 is 43.8 Å². The third-order valence-corrected chi connectivity index (χ3v) is 7.49. The van der Waals surface area contributed by atoms with Crippen LogP contribution in [0.4, 0.5) is 0 Å². The highest BCUT2D eigenvalue weighted by Crippen LogP contribution is 2.35. The van der Waals surface area contributed by atoms with E-state index in [2.05, 4.69) is 0 Å². The van der Waals surface area contributed by atoms with E-state index in [1.165, 1.54) is 12.1 Å². The van der Waals surface area contributed by atoms with Gasteiger partial charge in [-0.1, -0.05) is 41.4 Å². The van der Waals surface area contributed by atoms with Gasteiger partial charge >= 0.3 is 0 Å². The number of halogens is 2. The summed E-state index contributed by atoms with van der Waals surface area (Å²) >= 11 is 11.1. The summed E-state index contributed by atoms with van der Waals surface area (Å²) in [4.78, 5) is 0.271. The van der Waals surface area contributed by atoms with Gasteiger partial charge in [0, 0.05) is 11.2 Å². The first-order valence-electron chi connectivity index (χ1n) is 3.81. The first-order valence-corrected chi connectivity index (χ1v) is 7.61. The maximum absolute atomic E-state index is 11.8. The fourth-order valence-corrected chi connectivity index (χ4v) is 3.42. The van der Waals surface area contributed by atoms with E-state index in [0.29, 0.717) is 0 Å². The molecule has 0 saturated carbocycles. The minimum Gasteiger partial charge on any atom is -0.250 e. The Bertz CT molecular complexity index is 468. The molecule has 0 spiro atoms. The van der Waals surface area contributed by atoms with Gasteiger partial charge < -0.3 is 0 Å². The van der Waals surface area contributed by atoms with Crippen LogP contribution in [-0.2, 0) is 20.6 Å². The second kappa shape index (κ2) is 4.41. The van der Waals surface area contributed by atoms with Gasteiger partial charge in [0.25, 0.3) is 3.00 Å². The predicted molar refractivity (Wildman–Crippen MR) is 62.1 cm³/mol. The van der Waals surface area contributed by atoms with Crippen LogP contribution in [0.2, 0.25) is 0 Å². The van der Waals surface area contributed by atoms with Gasteiger partial charge in [0.15, 0.2) is 9.84 Å². The highest BCUT2D eigenvalue weighted by molar-refractivity contribution is 8.11. The molecule has 0 fully saturated rings. The van der Waals surface area contributed by atoms with Crippen molar-refractivity contribution in [2.45, 2.75) is 7.89 Å². The Morgan fingerprint density at radius 1 is 1.20 bits per heavy atom. The van der Waals surface area contributed by atoms with Gasteiger partial charge in [-0.15, -0.1) is 0 Å². The van der Waals surface area contributed by atoms with Gasteiger partial charge in [-0.25, -0.2) is 8.42 Å². The molecule has 84 valence electrons. The number of rotatable bonds is 3. The molecule has 0 N–H and O–H groups in total. The first kappa shape index (κ1) is 13.0. The molecule has 1 rings (SSSR count). The van der Waals surface area contributed by atoms with Crippen LogP contribution in [0, 0.1) is 0 Å². The van der Waals surface area contributed by atoms with Crippen molar-refractivity contribution in [3.8, 4) is 0 Å². The Balaban J connectivity index is 3.17. The average Bonchev–Trinajstić information content (AvgIpc) is 2.16. The zero-order valence-corrected chi connectivity index (χ0v) is 10.8. The van der Waals surface area contributed by atoms with Crippen molar-refractivity contribution in [2.24, 2.45) is 0 Å². The normalized spacial score (nSPS) is 14.9. The van der Waals surface area contributed by atoms with Crippen molar-refractivity contribution < 1.29 is 12.6 Å². The lowest BCUT2D eigenvalue weighted by molar-refractivity contribution is 0.601. The van der Waals surface area contributed by atoms with Crippen LogP contribution in [0.3, 0.4) is 0 Å². The summed E-state index contributed by atoms with van der Waals surface area (Å²) in [5, 5.41) is 0. The Labute approximate surface area is 101 Å². The Morgan fingerprint density at radius 2 is 1.67 bits per heavy atom. The second-order valence-corrected chi connectivity index (χ2v) is 9.08. The summed E-state index contributed by atoms with van der Waals surface area (Å²) in [7, 11) is -5.84. The third-order valence-electron chi connectivity index (χ3n) is 1.60. The van der Waals surface area contributed by atoms with Crippen LogP contribution >= 0.6 is 23.2 Å². The van der Waals surface area contributed by atoms with E-state index in [4.69, 9.17) is 23.2 Å². The molecule has 0 radical (unpaired) electrons. The lowest BCUT2D eigenvalue weighted by Crippen LogP contribution is -2.30. The van der Waals surface area contributed by atoms with Crippen molar-refractivity contribution in [1.82, 2.24) is 0 Å². The molecule has 0 bridgehead atoms. The molecule has 0 heterocycles. The Kier molecular flexibility index (Phi) is 3.81. The van der Waals surface area contributed by atoms with Gasteiger partial charge in [0.2, 0.25) is 0 Å². The lowest BCUT2D eigenvalue weighted by Gasteiger charge is -2.16. The van der Waals surface area contributed by atoms with Crippen LogP contribution in [0.1, 0.15) is 0 Å². The summed E-state index contributed by atoms with van der Waals surface area (Å²) in [6.45, 7) is 0. The minimum atomic E-state index is -3.82. The molecule has 0 saturated heterocycles. The van der Waals surface area contributed by atoms with E-state index < -0.39 is 23.6 Å². The topological polar surface area (TPSA) is 51.2 Å². The predicted octanol–water partition coefficient (Wildman–Crippen LogP) is 1.93. The second-order valence-electron chi connectivity index (χ2n) is 2.82. The van der Waals surface area contributed by atoms with Gasteiger partial charge in [0.05, 0.1) is 0 Å². The highest BCUT2D eigenvalue weighted by atomic mass is 35.5. The maximum Gasteiger partial charge on any atom is 0.296 e. The van der Waals surface area contributed by atoms with Crippen molar-refractivity contribution in [3.63, 3.8) is 0 Å². The van der Waals surface area contributed by atoms with E-state index in [0.717, 1.165) is 6.26 Å². The van der Waals surface area contributed by atoms with Gasteiger partial charge in [0.1, 0.15) is 10.8 Å². The monoisotopic (exact) mass is 286 g/mol.